The number of nitrogens with zero attached hydrogens (tertiary/aromatic N) is 1. The molecule has 74 valence electrons. The lowest BCUT2D eigenvalue weighted by Gasteiger charge is -2.30. The zero-order valence-corrected chi connectivity index (χ0v) is 8.40. The first-order chi connectivity index (χ1) is 6.83. The van der Waals surface area contributed by atoms with Crippen LogP contribution in [0.15, 0.2) is 41.1 Å². The second kappa shape index (κ2) is 3.54. The van der Waals surface area contributed by atoms with E-state index < -0.39 is 0 Å². The quantitative estimate of drug-likeness (QED) is 0.725. The van der Waals surface area contributed by atoms with Crippen LogP contribution >= 0.6 is 0 Å². The molecule has 2 rings (SSSR count). The standard InChI is InChI=1S/C12H15NO/c1-2-12-7-4-3-5-11(12)13-9-10(12)6-8-14/h3-5,7,9,14H,2,6,8H2,1H3. The Morgan fingerprint density at radius 3 is 3.00 bits per heavy atom. The molecule has 0 aromatic heterocycles. The number of fused-ring (bicyclic) bond motifs is 1. The molecule has 0 fully saturated rings. The molecule has 0 spiro atoms. The highest BCUT2D eigenvalue weighted by Gasteiger charge is 2.37. The van der Waals surface area contributed by atoms with E-state index in [1.165, 1.54) is 5.57 Å². The minimum absolute atomic E-state index is 0.0164. The van der Waals surface area contributed by atoms with Gasteiger partial charge in [-0.1, -0.05) is 25.2 Å². The molecule has 2 nitrogen and oxygen atoms in total. The van der Waals surface area contributed by atoms with Crippen molar-refractivity contribution in [3.63, 3.8) is 0 Å². The van der Waals surface area contributed by atoms with Crippen molar-refractivity contribution < 1.29 is 5.11 Å². The lowest BCUT2D eigenvalue weighted by atomic mass is 9.72. The van der Waals surface area contributed by atoms with Crippen LogP contribution in [-0.2, 0) is 0 Å². The van der Waals surface area contributed by atoms with Crippen molar-refractivity contribution in [2.45, 2.75) is 19.8 Å². The Hall–Kier alpha value is -1.15. The van der Waals surface area contributed by atoms with Gasteiger partial charge in [-0.15, -0.1) is 0 Å². The van der Waals surface area contributed by atoms with Crippen LogP contribution in [0.3, 0.4) is 0 Å². The van der Waals surface area contributed by atoms with Gasteiger partial charge >= 0.3 is 0 Å². The molecular formula is C12H15NO. The van der Waals surface area contributed by atoms with E-state index in [0.717, 1.165) is 18.6 Å². The van der Waals surface area contributed by atoms with E-state index in [9.17, 15) is 0 Å². The average Bonchev–Trinajstić information content (AvgIpc) is 2.59. The van der Waals surface area contributed by atoms with E-state index >= 15 is 0 Å². The van der Waals surface area contributed by atoms with E-state index in [1.54, 1.807) is 0 Å². The third-order valence-electron chi connectivity index (χ3n) is 3.07. The van der Waals surface area contributed by atoms with Crippen LogP contribution in [0.5, 0.6) is 0 Å². The van der Waals surface area contributed by atoms with Crippen molar-refractivity contribution >= 4 is 5.71 Å². The van der Waals surface area contributed by atoms with Crippen molar-refractivity contribution in [2.75, 3.05) is 6.61 Å². The summed E-state index contributed by atoms with van der Waals surface area (Å²) in [5.74, 6) is 0. The van der Waals surface area contributed by atoms with Gasteiger partial charge in [0.25, 0.3) is 0 Å². The molecule has 0 amide bonds. The fraction of sp³-hybridized carbons (Fsp3) is 0.417. The second-order valence-corrected chi connectivity index (χ2v) is 3.69. The van der Waals surface area contributed by atoms with Crippen molar-refractivity contribution in [1.82, 2.24) is 0 Å². The number of hydrogen-bond donors (Lipinski definition) is 1. The first kappa shape index (κ1) is 9.41. The Bertz CT molecular complexity index is 349. The summed E-state index contributed by atoms with van der Waals surface area (Å²) in [4.78, 5) is 4.41. The minimum atomic E-state index is -0.0164. The van der Waals surface area contributed by atoms with Gasteiger partial charge in [0, 0.05) is 12.8 Å². The SMILES string of the molecule is CCC12C=CC=CC1=NC=C2CCO. The van der Waals surface area contributed by atoms with E-state index in [1.807, 2.05) is 12.3 Å². The van der Waals surface area contributed by atoms with Gasteiger partial charge in [-0.2, -0.15) is 0 Å². The first-order valence-electron chi connectivity index (χ1n) is 5.08. The van der Waals surface area contributed by atoms with Gasteiger partial charge in [-0.3, -0.25) is 4.99 Å². The summed E-state index contributed by atoms with van der Waals surface area (Å²) in [5.41, 5.74) is 2.33. The maximum Gasteiger partial charge on any atom is 0.0544 e. The number of aliphatic imine (C=N–C) groups is 1. The molecule has 0 bridgehead atoms. The molecule has 2 heteroatoms. The van der Waals surface area contributed by atoms with Gasteiger partial charge in [0.05, 0.1) is 11.1 Å². The summed E-state index contributed by atoms with van der Waals surface area (Å²) in [6.07, 6.45) is 12.0. The fourth-order valence-electron chi connectivity index (χ4n) is 2.23. The van der Waals surface area contributed by atoms with E-state index in [2.05, 4.69) is 30.1 Å². The maximum atomic E-state index is 8.99. The molecular weight excluding hydrogens is 174 g/mol. The van der Waals surface area contributed by atoms with Crippen molar-refractivity contribution in [3.8, 4) is 0 Å². The molecule has 1 aliphatic heterocycles. The molecule has 1 heterocycles. The summed E-state index contributed by atoms with van der Waals surface area (Å²) in [5, 5.41) is 8.99. The highest BCUT2D eigenvalue weighted by Crippen LogP contribution is 2.42. The van der Waals surface area contributed by atoms with Crippen molar-refractivity contribution in [1.29, 1.82) is 0 Å². The van der Waals surface area contributed by atoms with E-state index in [-0.39, 0.29) is 12.0 Å². The molecule has 2 aliphatic rings. The van der Waals surface area contributed by atoms with Crippen LogP contribution in [0, 0.1) is 5.41 Å². The van der Waals surface area contributed by atoms with Crippen molar-refractivity contribution in [3.05, 3.63) is 36.1 Å². The van der Waals surface area contributed by atoms with E-state index in [4.69, 9.17) is 5.11 Å². The van der Waals surface area contributed by atoms with E-state index in [0.29, 0.717) is 0 Å². The predicted molar refractivity (Wildman–Crippen MR) is 58.2 cm³/mol. The van der Waals surface area contributed by atoms with Crippen LogP contribution in [0.2, 0.25) is 0 Å². The Morgan fingerprint density at radius 1 is 1.43 bits per heavy atom. The normalized spacial score (nSPS) is 28.7. The zero-order chi connectivity index (χ0) is 10.0. The van der Waals surface area contributed by atoms with Crippen molar-refractivity contribution in [2.24, 2.45) is 10.4 Å². The van der Waals surface area contributed by atoms with Gasteiger partial charge in [0.1, 0.15) is 0 Å². The smallest absolute Gasteiger partial charge is 0.0544 e. The second-order valence-electron chi connectivity index (χ2n) is 3.69. The van der Waals surface area contributed by atoms with Gasteiger partial charge in [-0.25, -0.2) is 0 Å². The third kappa shape index (κ3) is 1.18. The Balaban J connectivity index is 2.35. The summed E-state index contributed by atoms with van der Waals surface area (Å²) in [7, 11) is 0. The van der Waals surface area contributed by atoms with Gasteiger partial charge in [0.2, 0.25) is 0 Å². The van der Waals surface area contributed by atoms with Gasteiger partial charge < -0.3 is 5.11 Å². The summed E-state index contributed by atoms with van der Waals surface area (Å²) >= 11 is 0. The number of allylic oxidation sites excluding steroid dienone is 4. The molecule has 1 N–H and O–H groups in total. The van der Waals surface area contributed by atoms with Crippen LogP contribution < -0.4 is 0 Å². The number of aliphatic hydroxyl groups excluding tert-OH is 1. The highest BCUT2D eigenvalue weighted by molar-refractivity contribution is 6.06. The number of aliphatic hydroxyl groups is 1. The summed E-state index contributed by atoms with van der Waals surface area (Å²) in [6.45, 7) is 2.36. The molecule has 0 radical (unpaired) electrons. The number of hydrogen-bond acceptors (Lipinski definition) is 2. The molecule has 0 aromatic carbocycles. The lowest BCUT2D eigenvalue weighted by molar-refractivity contribution is 0.293. The Labute approximate surface area is 84.4 Å². The largest absolute Gasteiger partial charge is 0.396 e. The molecule has 1 aliphatic carbocycles. The molecule has 1 unspecified atom stereocenters. The Morgan fingerprint density at radius 2 is 2.29 bits per heavy atom. The van der Waals surface area contributed by atoms with Crippen LogP contribution in [0.4, 0.5) is 0 Å². The zero-order valence-electron chi connectivity index (χ0n) is 8.40. The molecule has 1 atom stereocenters. The first-order valence-corrected chi connectivity index (χ1v) is 5.08. The monoisotopic (exact) mass is 189 g/mol. The fourth-order valence-corrected chi connectivity index (χ4v) is 2.23. The number of rotatable bonds is 3. The molecule has 0 saturated heterocycles. The average molecular weight is 189 g/mol. The molecule has 0 aromatic rings. The Kier molecular flexibility index (Phi) is 2.38. The lowest BCUT2D eigenvalue weighted by Crippen LogP contribution is -2.28. The summed E-state index contributed by atoms with van der Waals surface area (Å²) in [6, 6.07) is 0. The molecule has 14 heavy (non-hydrogen) atoms. The van der Waals surface area contributed by atoms with Gasteiger partial charge in [0.15, 0.2) is 0 Å². The van der Waals surface area contributed by atoms with Crippen LogP contribution in [0.25, 0.3) is 0 Å². The minimum Gasteiger partial charge on any atom is -0.396 e. The van der Waals surface area contributed by atoms with Crippen LogP contribution in [0.1, 0.15) is 19.8 Å². The van der Waals surface area contributed by atoms with Gasteiger partial charge in [-0.05, 0) is 24.5 Å². The maximum absolute atomic E-state index is 8.99. The highest BCUT2D eigenvalue weighted by atomic mass is 16.3. The summed E-state index contributed by atoms with van der Waals surface area (Å²) < 4.78 is 0. The van der Waals surface area contributed by atoms with Crippen LogP contribution in [-0.4, -0.2) is 17.4 Å². The molecule has 0 saturated carbocycles. The topological polar surface area (TPSA) is 32.6 Å². The third-order valence-corrected chi connectivity index (χ3v) is 3.07. The predicted octanol–water partition coefficient (Wildman–Crippen LogP) is 2.23.